The minimum Gasteiger partial charge on any atom is -0.271 e. The second-order valence-corrected chi connectivity index (χ2v) is 6.21. The highest BCUT2D eigenvalue weighted by atomic mass is 79.9. The van der Waals surface area contributed by atoms with E-state index < -0.39 is 0 Å². The van der Waals surface area contributed by atoms with Crippen molar-refractivity contribution in [1.82, 2.24) is 10.4 Å². The van der Waals surface area contributed by atoms with Gasteiger partial charge in [0.15, 0.2) is 0 Å². The third-order valence-electron chi connectivity index (χ3n) is 2.75. The van der Waals surface area contributed by atoms with Crippen molar-refractivity contribution in [3.05, 3.63) is 61.8 Å². The molecule has 0 aliphatic heterocycles. The van der Waals surface area contributed by atoms with Gasteiger partial charge in [-0.25, -0.2) is 0 Å². The lowest BCUT2D eigenvalue weighted by atomic mass is 10.0. The topological polar surface area (TPSA) is 50.9 Å². The molecular formula is C13H12Br2ClN3. The van der Waals surface area contributed by atoms with Gasteiger partial charge in [0.2, 0.25) is 0 Å². The smallest absolute Gasteiger partial charge is 0.0732 e. The first-order valence-corrected chi connectivity index (χ1v) is 7.58. The molecule has 6 heteroatoms. The Kier molecular flexibility index (Phi) is 5.36. The van der Waals surface area contributed by atoms with E-state index in [2.05, 4.69) is 42.3 Å². The second kappa shape index (κ2) is 6.81. The van der Waals surface area contributed by atoms with Crippen LogP contribution < -0.4 is 11.3 Å². The van der Waals surface area contributed by atoms with Crippen LogP contribution in [0.4, 0.5) is 0 Å². The molecule has 1 aromatic heterocycles. The summed E-state index contributed by atoms with van der Waals surface area (Å²) in [4.78, 5) is 4.40. The molecule has 2 rings (SSSR count). The molecule has 0 aliphatic carbocycles. The van der Waals surface area contributed by atoms with E-state index in [0.29, 0.717) is 6.42 Å². The number of pyridine rings is 1. The van der Waals surface area contributed by atoms with Crippen molar-refractivity contribution in [2.75, 3.05) is 0 Å². The lowest BCUT2D eigenvalue weighted by Crippen LogP contribution is -2.30. The summed E-state index contributed by atoms with van der Waals surface area (Å²) >= 11 is 13.0. The molecule has 0 saturated carbocycles. The number of hydrogen-bond acceptors (Lipinski definition) is 3. The van der Waals surface area contributed by atoms with Gasteiger partial charge in [-0.1, -0.05) is 29.8 Å². The van der Waals surface area contributed by atoms with E-state index in [-0.39, 0.29) is 6.04 Å². The monoisotopic (exact) mass is 403 g/mol. The quantitative estimate of drug-likeness (QED) is 0.597. The maximum Gasteiger partial charge on any atom is 0.0732 e. The summed E-state index contributed by atoms with van der Waals surface area (Å²) in [6.07, 6.45) is 2.42. The van der Waals surface area contributed by atoms with Gasteiger partial charge < -0.3 is 0 Å². The number of aromatic nitrogens is 1. The van der Waals surface area contributed by atoms with E-state index in [4.69, 9.17) is 17.4 Å². The summed E-state index contributed by atoms with van der Waals surface area (Å²) in [5, 5.41) is 0.732. The highest BCUT2D eigenvalue weighted by Crippen LogP contribution is 2.28. The van der Waals surface area contributed by atoms with Crippen LogP contribution in [0.3, 0.4) is 0 Å². The number of benzene rings is 1. The lowest BCUT2D eigenvalue weighted by molar-refractivity contribution is 0.536. The number of hydrogen-bond donors (Lipinski definition) is 2. The average molecular weight is 406 g/mol. The van der Waals surface area contributed by atoms with Crippen molar-refractivity contribution < 1.29 is 0 Å². The van der Waals surface area contributed by atoms with Gasteiger partial charge in [0, 0.05) is 20.2 Å². The zero-order chi connectivity index (χ0) is 13.8. The molecule has 1 unspecified atom stereocenters. The molecule has 0 bridgehead atoms. The van der Waals surface area contributed by atoms with Crippen LogP contribution in [0, 0.1) is 0 Å². The molecule has 0 saturated heterocycles. The normalized spacial score (nSPS) is 12.4. The zero-order valence-corrected chi connectivity index (χ0v) is 13.8. The van der Waals surface area contributed by atoms with Crippen molar-refractivity contribution in [2.45, 2.75) is 12.5 Å². The largest absolute Gasteiger partial charge is 0.271 e. The Labute approximate surface area is 133 Å². The van der Waals surface area contributed by atoms with Gasteiger partial charge in [0.1, 0.15) is 0 Å². The number of halogens is 3. The van der Waals surface area contributed by atoms with Gasteiger partial charge in [-0.3, -0.25) is 16.3 Å². The summed E-state index contributed by atoms with van der Waals surface area (Å²) in [5.74, 6) is 5.64. The average Bonchev–Trinajstić information content (AvgIpc) is 2.39. The SMILES string of the molecule is NNC(Cc1ccccc1Cl)c1ncc(Br)cc1Br. The standard InChI is InChI=1S/C13H12Br2ClN3/c14-9-6-10(15)13(18-7-9)12(19-17)5-8-3-1-2-4-11(8)16/h1-4,6-7,12,19H,5,17H2. The number of rotatable bonds is 4. The molecule has 0 spiro atoms. The molecule has 0 radical (unpaired) electrons. The van der Waals surface area contributed by atoms with Crippen molar-refractivity contribution in [1.29, 1.82) is 0 Å². The van der Waals surface area contributed by atoms with Crippen LogP contribution >= 0.6 is 43.5 Å². The number of nitrogens with one attached hydrogen (secondary N) is 1. The third kappa shape index (κ3) is 3.77. The maximum absolute atomic E-state index is 6.17. The Morgan fingerprint density at radius 1 is 1.32 bits per heavy atom. The van der Waals surface area contributed by atoms with E-state index in [1.54, 1.807) is 6.20 Å². The van der Waals surface area contributed by atoms with Gasteiger partial charge in [0.05, 0.1) is 11.7 Å². The van der Waals surface area contributed by atoms with Crippen LogP contribution in [-0.4, -0.2) is 4.98 Å². The van der Waals surface area contributed by atoms with Crippen molar-refractivity contribution in [3.8, 4) is 0 Å². The predicted molar refractivity (Wildman–Crippen MR) is 84.9 cm³/mol. The Morgan fingerprint density at radius 3 is 2.68 bits per heavy atom. The molecule has 1 atom stereocenters. The molecule has 2 aromatic rings. The van der Waals surface area contributed by atoms with E-state index in [9.17, 15) is 0 Å². The fourth-order valence-electron chi connectivity index (χ4n) is 1.80. The molecule has 1 heterocycles. The first-order valence-electron chi connectivity index (χ1n) is 5.62. The molecule has 0 aliphatic rings. The highest BCUT2D eigenvalue weighted by molar-refractivity contribution is 9.11. The van der Waals surface area contributed by atoms with Gasteiger partial charge >= 0.3 is 0 Å². The molecule has 0 amide bonds. The summed E-state index contributed by atoms with van der Waals surface area (Å²) in [7, 11) is 0. The fraction of sp³-hybridized carbons (Fsp3) is 0.154. The summed E-state index contributed by atoms with van der Waals surface area (Å²) in [6, 6.07) is 9.55. The van der Waals surface area contributed by atoms with Crippen molar-refractivity contribution >= 4 is 43.5 Å². The summed E-state index contributed by atoms with van der Waals surface area (Å²) in [6.45, 7) is 0. The van der Waals surface area contributed by atoms with Gasteiger partial charge in [0.25, 0.3) is 0 Å². The van der Waals surface area contributed by atoms with Crippen LogP contribution in [0.15, 0.2) is 45.5 Å². The first-order chi connectivity index (χ1) is 9.11. The van der Waals surface area contributed by atoms with Crippen LogP contribution in [-0.2, 0) is 6.42 Å². The minimum absolute atomic E-state index is 0.109. The van der Waals surface area contributed by atoms with Crippen LogP contribution in [0.5, 0.6) is 0 Å². The fourth-order valence-corrected chi connectivity index (χ4v) is 3.28. The zero-order valence-electron chi connectivity index (χ0n) is 9.91. The molecule has 3 nitrogen and oxygen atoms in total. The van der Waals surface area contributed by atoms with Gasteiger partial charge in [-0.15, -0.1) is 0 Å². The Balaban J connectivity index is 2.28. The van der Waals surface area contributed by atoms with Gasteiger partial charge in [-0.05, 0) is 56.0 Å². The molecular weight excluding hydrogens is 393 g/mol. The van der Waals surface area contributed by atoms with Gasteiger partial charge in [-0.2, -0.15) is 0 Å². The molecule has 3 N–H and O–H groups in total. The number of hydrazine groups is 1. The molecule has 100 valence electrons. The number of nitrogens with zero attached hydrogens (tertiary/aromatic N) is 1. The van der Waals surface area contributed by atoms with Crippen molar-refractivity contribution in [3.63, 3.8) is 0 Å². The Hall–Kier alpha value is -0.460. The van der Waals surface area contributed by atoms with Crippen LogP contribution in [0.25, 0.3) is 0 Å². The van der Waals surface area contributed by atoms with Crippen molar-refractivity contribution in [2.24, 2.45) is 5.84 Å². The van der Waals surface area contributed by atoms with Crippen LogP contribution in [0.2, 0.25) is 5.02 Å². The third-order valence-corrected chi connectivity index (χ3v) is 4.19. The molecule has 19 heavy (non-hydrogen) atoms. The summed E-state index contributed by atoms with van der Waals surface area (Å²) in [5.41, 5.74) is 4.67. The Bertz CT molecular complexity index is 578. The first kappa shape index (κ1) is 14.9. The lowest BCUT2D eigenvalue weighted by Gasteiger charge is -2.17. The van der Waals surface area contributed by atoms with E-state index in [1.165, 1.54) is 0 Å². The molecule has 0 fully saturated rings. The summed E-state index contributed by atoms with van der Waals surface area (Å²) < 4.78 is 1.81. The van der Waals surface area contributed by atoms with E-state index >= 15 is 0 Å². The highest BCUT2D eigenvalue weighted by Gasteiger charge is 2.16. The minimum atomic E-state index is -0.109. The molecule has 1 aromatic carbocycles. The number of nitrogens with two attached hydrogens (primary N) is 1. The predicted octanol–water partition coefficient (Wildman–Crippen LogP) is 4.01. The second-order valence-electron chi connectivity index (χ2n) is 4.04. The maximum atomic E-state index is 6.17. The van der Waals surface area contributed by atoms with E-state index in [0.717, 1.165) is 25.2 Å². The van der Waals surface area contributed by atoms with E-state index in [1.807, 2.05) is 30.3 Å². The van der Waals surface area contributed by atoms with Crippen LogP contribution in [0.1, 0.15) is 17.3 Å². The Morgan fingerprint density at radius 2 is 2.05 bits per heavy atom.